The number of ether oxygens (including phenoxy) is 2. The standard InChI is InChI=1S/C51H61N3O4/c1-30-15-17-41-46-38-19-20-49-43(18-16-31(2)53-26-34-23-35(27-53)29-54(41)28-34)57-48(56)50(49)40(38)25-37(44(30)46)24-33-10-5-9-32(22-33)8-3-4-14-42(50)51(49)39-13-6-11-36(12-7-21-52)45(39)47(55)58-51/h5-6,9-11,13,17-18,22,30-31,34-35,37,42,44,46H,3-4,7-8,12,14-16,19-21,23-29,52H2,1-2H3. The van der Waals surface area contributed by atoms with E-state index in [0.717, 1.165) is 126 Å². The molecule has 3 saturated heterocycles. The van der Waals surface area contributed by atoms with Crippen LogP contribution in [0.4, 0.5) is 0 Å². The fourth-order valence-corrected chi connectivity index (χ4v) is 16.1. The Labute approximate surface area is 344 Å². The number of rotatable bonds is 3. The largest absolute Gasteiger partial charge is 0.449 e. The highest BCUT2D eigenvalue weighted by molar-refractivity contribution is 6.00. The Bertz CT molecular complexity index is 2190. The third-order valence-corrected chi connectivity index (χ3v) is 17.9. The molecule has 304 valence electrons. The molecule has 11 unspecified atom stereocenters. The average molecular weight is 780 g/mol. The van der Waals surface area contributed by atoms with Crippen LogP contribution < -0.4 is 5.73 Å². The van der Waals surface area contributed by atoms with Crippen molar-refractivity contribution in [1.82, 2.24) is 9.80 Å². The van der Waals surface area contributed by atoms with Crippen LogP contribution in [0.25, 0.3) is 0 Å². The van der Waals surface area contributed by atoms with Gasteiger partial charge in [-0.3, -0.25) is 9.69 Å². The minimum absolute atomic E-state index is 0.0609. The zero-order chi connectivity index (χ0) is 39.1. The quantitative estimate of drug-likeness (QED) is 0.248. The fourth-order valence-electron chi connectivity index (χ4n) is 16.1. The van der Waals surface area contributed by atoms with E-state index in [-0.39, 0.29) is 17.9 Å². The van der Waals surface area contributed by atoms with E-state index in [9.17, 15) is 4.79 Å². The molecular weight excluding hydrogens is 719 g/mol. The molecule has 13 bridgehead atoms. The molecule has 7 heteroatoms. The van der Waals surface area contributed by atoms with Crippen molar-refractivity contribution >= 4 is 11.9 Å². The second-order valence-electron chi connectivity index (χ2n) is 20.6. The third-order valence-electron chi connectivity index (χ3n) is 17.9. The summed E-state index contributed by atoms with van der Waals surface area (Å²) in [5.74, 6) is 3.43. The molecule has 13 aliphatic rings. The minimum Gasteiger partial charge on any atom is -0.449 e. The van der Waals surface area contributed by atoms with Crippen LogP contribution in [0, 0.1) is 52.3 Å². The van der Waals surface area contributed by atoms with E-state index in [2.05, 4.69) is 78.3 Å². The van der Waals surface area contributed by atoms with E-state index in [1.165, 1.54) is 23.1 Å². The van der Waals surface area contributed by atoms with Crippen molar-refractivity contribution in [3.05, 3.63) is 105 Å². The predicted molar refractivity (Wildman–Crippen MR) is 223 cm³/mol. The first-order valence-electron chi connectivity index (χ1n) is 23.3. The Morgan fingerprint density at radius 3 is 2.59 bits per heavy atom. The van der Waals surface area contributed by atoms with E-state index in [4.69, 9.17) is 15.2 Å². The van der Waals surface area contributed by atoms with Gasteiger partial charge in [-0.1, -0.05) is 73.0 Å². The van der Waals surface area contributed by atoms with Crippen molar-refractivity contribution in [2.45, 2.75) is 109 Å². The Hall–Kier alpha value is -3.68. The summed E-state index contributed by atoms with van der Waals surface area (Å²) in [6.45, 7) is 10.0. The van der Waals surface area contributed by atoms with Crippen molar-refractivity contribution in [1.29, 1.82) is 0 Å². The first kappa shape index (κ1) is 36.2. The third kappa shape index (κ3) is 4.53. The first-order chi connectivity index (χ1) is 28.3. The predicted octanol–water partition coefficient (Wildman–Crippen LogP) is 8.27. The van der Waals surface area contributed by atoms with E-state index < -0.39 is 16.4 Å². The summed E-state index contributed by atoms with van der Waals surface area (Å²) in [4.78, 5) is 36.1. The molecule has 4 fully saturated rings. The van der Waals surface area contributed by atoms with Crippen LogP contribution in [-0.4, -0.2) is 60.5 Å². The number of fused-ring (bicyclic) bond motifs is 7. The van der Waals surface area contributed by atoms with Crippen LogP contribution in [0.2, 0.25) is 0 Å². The Balaban J connectivity index is 1.14. The van der Waals surface area contributed by atoms with Crippen molar-refractivity contribution < 1.29 is 19.1 Å². The van der Waals surface area contributed by atoms with Gasteiger partial charge in [0, 0.05) is 55.3 Å². The highest BCUT2D eigenvalue weighted by Crippen LogP contribution is 2.87. The van der Waals surface area contributed by atoms with Crippen LogP contribution in [0.5, 0.6) is 0 Å². The topological polar surface area (TPSA) is 85.1 Å². The lowest BCUT2D eigenvalue weighted by Crippen LogP contribution is -2.77. The number of allylic oxidation sites excluding steroid dienone is 2. The summed E-state index contributed by atoms with van der Waals surface area (Å²) in [6.07, 6.45) is 17.2. The van der Waals surface area contributed by atoms with E-state index >= 15 is 4.79 Å². The van der Waals surface area contributed by atoms with Crippen molar-refractivity contribution in [3.8, 4) is 0 Å². The van der Waals surface area contributed by atoms with Crippen LogP contribution in [-0.2, 0) is 39.1 Å². The summed E-state index contributed by atoms with van der Waals surface area (Å²) in [5, 5.41) is 0. The van der Waals surface area contributed by atoms with Gasteiger partial charge in [0.15, 0.2) is 5.60 Å². The Morgan fingerprint density at radius 2 is 1.74 bits per heavy atom. The van der Waals surface area contributed by atoms with Gasteiger partial charge < -0.3 is 20.1 Å². The molecule has 0 radical (unpaired) electrons. The zero-order valence-corrected chi connectivity index (χ0v) is 34.6. The van der Waals surface area contributed by atoms with E-state index in [1.54, 1.807) is 11.3 Å². The van der Waals surface area contributed by atoms with E-state index in [0.29, 0.717) is 48.1 Å². The lowest BCUT2D eigenvalue weighted by molar-refractivity contribution is -0.278. The fraction of sp³-hybridized carbons (Fsp3) is 0.608. The lowest BCUT2D eigenvalue weighted by atomic mass is 9.28. The maximum absolute atomic E-state index is 15.8. The number of benzene rings is 2. The van der Waals surface area contributed by atoms with Gasteiger partial charge in [0.1, 0.15) is 11.2 Å². The van der Waals surface area contributed by atoms with Crippen LogP contribution in [0.1, 0.15) is 111 Å². The molecule has 8 heterocycles. The number of nitrogens with zero attached hydrogens (tertiary/aromatic N) is 2. The molecule has 2 aromatic carbocycles. The molecule has 2 aromatic rings. The second kappa shape index (κ2) is 12.9. The van der Waals surface area contributed by atoms with Crippen molar-refractivity contribution in [2.24, 2.45) is 58.0 Å². The average Bonchev–Trinajstić information content (AvgIpc) is 3.66. The summed E-state index contributed by atoms with van der Waals surface area (Å²) in [5.41, 5.74) is 13.6. The van der Waals surface area contributed by atoms with Gasteiger partial charge in [-0.25, -0.2) is 4.79 Å². The van der Waals surface area contributed by atoms with Crippen LogP contribution in [0.3, 0.4) is 0 Å². The SMILES string of the molecule is CC1CC=C2C3C4=C5CC(Cc6cccc(c6)CCCCC6C57C(=O)OC(=CCC(C)N5CC8CC(CN2C8)C5)C7(CC4)C62OC(=O)c4c(CCCN)cccc42)C13. The molecule has 58 heavy (non-hydrogen) atoms. The number of esters is 2. The van der Waals surface area contributed by atoms with E-state index in [1.807, 2.05) is 0 Å². The van der Waals surface area contributed by atoms with Gasteiger partial charge in [0.2, 0.25) is 0 Å². The summed E-state index contributed by atoms with van der Waals surface area (Å²) >= 11 is 0. The molecule has 1 saturated carbocycles. The minimum atomic E-state index is -0.962. The zero-order valence-electron chi connectivity index (χ0n) is 34.6. The number of carbonyl (C=O) groups excluding carboxylic acids is 2. The second-order valence-corrected chi connectivity index (χ2v) is 20.6. The van der Waals surface area contributed by atoms with Crippen molar-refractivity contribution in [3.63, 3.8) is 0 Å². The number of piperidine rings is 2. The maximum atomic E-state index is 15.8. The van der Waals surface area contributed by atoms with Gasteiger partial charge in [0.25, 0.3) is 0 Å². The van der Waals surface area contributed by atoms with Gasteiger partial charge in [-0.15, -0.1) is 0 Å². The first-order valence-corrected chi connectivity index (χ1v) is 23.3. The highest BCUT2D eigenvalue weighted by Gasteiger charge is 2.92. The lowest BCUT2D eigenvalue weighted by Gasteiger charge is -2.72. The molecule has 7 nitrogen and oxygen atoms in total. The van der Waals surface area contributed by atoms with Gasteiger partial charge in [-0.2, -0.15) is 0 Å². The molecule has 2 N–H and O–H groups in total. The normalized spacial score (nSPS) is 41.7. The molecule has 3 spiro atoms. The number of aryl methyl sites for hydroxylation is 2. The maximum Gasteiger partial charge on any atom is 0.339 e. The molecule has 5 aliphatic carbocycles. The Kier molecular flexibility index (Phi) is 8.06. The molecule has 0 amide bonds. The molecular formula is C51H61N3O4. The van der Waals surface area contributed by atoms with Crippen molar-refractivity contribution in [2.75, 3.05) is 32.7 Å². The number of carbonyl (C=O) groups is 2. The molecule has 11 atom stereocenters. The summed E-state index contributed by atoms with van der Waals surface area (Å²) in [7, 11) is 0. The monoisotopic (exact) mass is 779 g/mol. The number of hydrogen-bond donors (Lipinski definition) is 1. The highest BCUT2D eigenvalue weighted by atomic mass is 16.6. The number of hydrogen-bond acceptors (Lipinski definition) is 7. The Morgan fingerprint density at radius 1 is 0.914 bits per heavy atom. The summed E-state index contributed by atoms with van der Waals surface area (Å²) < 4.78 is 14.2. The van der Waals surface area contributed by atoms with Crippen LogP contribution in [0.15, 0.2) is 77.2 Å². The number of nitrogens with two attached hydrogens (primary N) is 1. The van der Waals surface area contributed by atoms with Gasteiger partial charge >= 0.3 is 11.9 Å². The molecule has 15 rings (SSSR count). The van der Waals surface area contributed by atoms with Gasteiger partial charge in [0.05, 0.1) is 11.0 Å². The van der Waals surface area contributed by atoms with Crippen LogP contribution >= 0.6 is 0 Å². The molecule has 8 aliphatic heterocycles. The van der Waals surface area contributed by atoms with Gasteiger partial charge in [-0.05, 0) is 143 Å². The molecule has 0 aromatic heterocycles. The summed E-state index contributed by atoms with van der Waals surface area (Å²) in [6, 6.07) is 16.2. The smallest absolute Gasteiger partial charge is 0.339 e.